The van der Waals surface area contributed by atoms with Crippen LogP contribution in [0.2, 0.25) is 0 Å². The zero-order valence-corrected chi connectivity index (χ0v) is 17.4. The Labute approximate surface area is 171 Å². The molecule has 29 heavy (non-hydrogen) atoms. The molecule has 0 aliphatic carbocycles. The van der Waals surface area contributed by atoms with Crippen molar-refractivity contribution in [2.24, 2.45) is 5.92 Å². The van der Waals surface area contributed by atoms with Crippen molar-refractivity contribution in [2.75, 3.05) is 0 Å². The summed E-state index contributed by atoms with van der Waals surface area (Å²) in [5, 5.41) is 7.13. The molecule has 1 aromatic carbocycles. The van der Waals surface area contributed by atoms with Crippen molar-refractivity contribution in [3.8, 4) is 11.4 Å². The highest BCUT2D eigenvalue weighted by Crippen LogP contribution is 2.24. The van der Waals surface area contributed by atoms with Gasteiger partial charge in [-0.3, -0.25) is 9.78 Å². The number of pyridine rings is 1. The summed E-state index contributed by atoms with van der Waals surface area (Å²) in [6.45, 7) is 8.57. The summed E-state index contributed by atoms with van der Waals surface area (Å²) < 4.78 is 5.28. The minimum Gasteiger partial charge on any atom is -0.349 e. The standard InChI is InChI=1S/C23H28N4O2/c1-15(2)17-5-7-18(8-6-17)22(16(3)4)25-20(28)9-10-21-26-23(27-29-21)19-11-13-24-14-12-19/h5-8,11-16,22H,9-10H2,1-4H3,(H,25,28). The molecule has 1 atom stereocenters. The van der Waals surface area contributed by atoms with Crippen molar-refractivity contribution >= 4 is 5.91 Å². The largest absolute Gasteiger partial charge is 0.349 e. The van der Waals surface area contributed by atoms with Gasteiger partial charge in [-0.1, -0.05) is 57.1 Å². The maximum Gasteiger partial charge on any atom is 0.227 e. The van der Waals surface area contributed by atoms with E-state index in [0.29, 0.717) is 30.5 Å². The van der Waals surface area contributed by atoms with Crippen LogP contribution in [0.4, 0.5) is 0 Å². The van der Waals surface area contributed by atoms with Crippen LogP contribution in [0.3, 0.4) is 0 Å². The fourth-order valence-electron chi connectivity index (χ4n) is 3.16. The van der Waals surface area contributed by atoms with Crippen molar-refractivity contribution in [3.05, 3.63) is 65.8 Å². The third-order valence-corrected chi connectivity index (χ3v) is 4.92. The lowest BCUT2D eigenvalue weighted by molar-refractivity contribution is -0.122. The number of hydrogen-bond acceptors (Lipinski definition) is 5. The summed E-state index contributed by atoms with van der Waals surface area (Å²) in [5.74, 6) is 1.70. The number of nitrogens with zero attached hydrogens (tertiary/aromatic N) is 3. The first-order valence-electron chi connectivity index (χ1n) is 10.1. The molecule has 0 bridgehead atoms. The number of carbonyl (C=O) groups excluding carboxylic acids is 1. The monoisotopic (exact) mass is 392 g/mol. The molecule has 6 heteroatoms. The first kappa shape index (κ1) is 20.7. The van der Waals surface area contributed by atoms with Crippen LogP contribution >= 0.6 is 0 Å². The summed E-state index contributed by atoms with van der Waals surface area (Å²) in [6.07, 6.45) is 4.06. The van der Waals surface area contributed by atoms with Gasteiger partial charge in [0.05, 0.1) is 6.04 Å². The Balaban J connectivity index is 1.59. The molecule has 0 aliphatic heterocycles. The van der Waals surface area contributed by atoms with Gasteiger partial charge in [-0.05, 0) is 35.1 Å². The second-order valence-corrected chi connectivity index (χ2v) is 7.86. The zero-order chi connectivity index (χ0) is 20.8. The van der Waals surface area contributed by atoms with Crippen LogP contribution in [-0.4, -0.2) is 21.0 Å². The molecule has 1 amide bonds. The van der Waals surface area contributed by atoms with Crippen LogP contribution in [0.1, 0.15) is 63.1 Å². The van der Waals surface area contributed by atoms with Gasteiger partial charge in [0.15, 0.2) is 0 Å². The van der Waals surface area contributed by atoms with Crippen molar-refractivity contribution < 1.29 is 9.32 Å². The average molecular weight is 393 g/mol. The summed E-state index contributed by atoms with van der Waals surface area (Å²) in [6, 6.07) is 12.1. The number of rotatable bonds is 8. The lowest BCUT2D eigenvalue weighted by Gasteiger charge is -2.23. The third kappa shape index (κ3) is 5.50. The van der Waals surface area contributed by atoms with E-state index in [1.807, 2.05) is 12.1 Å². The SMILES string of the molecule is CC(C)c1ccc(C(NC(=O)CCc2nc(-c3ccncc3)no2)C(C)C)cc1. The Morgan fingerprint density at radius 2 is 1.66 bits per heavy atom. The number of amides is 1. The van der Waals surface area contributed by atoms with Gasteiger partial charge in [-0.2, -0.15) is 4.98 Å². The van der Waals surface area contributed by atoms with E-state index in [4.69, 9.17) is 4.52 Å². The number of benzene rings is 1. The molecular weight excluding hydrogens is 364 g/mol. The third-order valence-electron chi connectivity index (χ3n) is 4.92. The van der Waals surface area contributed by atoms with Gasteiger partial charge in [-0.25, -0.2) is 0 Å². The van der Waals surface area contributed by atoms with Gasteiger partial charge in [0, 0.05) is 30.8 Å². The van der Waals surface area contributed by atoms with Crippen LogP contribution in [0, 0.1) is 5.92 Å². The van der Waals surface area contributed by atoms with Gasteiger partial charge in [0.25, 0.3) is 0 Å². The second kappa shape index (κ2) is 9.45. The highest BCUT2D eigenvalue weighted by atomic mass is 16.5. The van der Waals surface area contributed by atoms with Gasteiger partial charge >= 0.3 is 0 Å². The first-order valence-corrected chi connectivity index (χ1v) is 10.1. The van der Waals surface area contributed by atoms with E-state index < -0.39 is 0 Å². The Bertz CT molecular complexity index is 918. The summed E-state index contributed by atoms with van der Waals surface area (Å²) in [5.41, 5.74) is 3.25. The molecule has 0 radical (unpaired) electrons. The zero-order valence-electron chi connectivity index (χ0n) is 17.4. The maximum atomic E-state index is 12.5. The van der Waals surface area contributed by atoms with Crippen LogP contribution < -0.4 is 5.32 Å². The Hall–Kier alpha value is -3.02. The fourth-order valence-corrected chi connectivity index (χ4v) is 3.16. The molecule has 152 valence electrons. The fraction of sp³-hybridized carbons (Fsp3) is 0.391. The van der Waals surface area contributed by atoms with Crippen molar-refractivity contribution in [1.82, 2.24) is 20.4 Å². The molecule has 0 fully saturated rings. The van der Waals surface area contributed by atoms with Crippen LogP contribution in [0.25, 0.3) is 11.4 Å². The molecule has 1 N–H and O–H groups in total. The number of aryl methyl sites for hydroxylation is 1. The van der Waals surface area contributed by atoms with Gasteiger partial charge in [0.1, 0.15) is 0 Å². The van der Waals surface area contributed by atoms with E-state index >= 15 is 0 Å². The van der Waals surface area contributed by atoms with E-state index in [1.54, 1.807) is 12.4 Å². The van der Waals surface area contributed by atoms with E-state index in [2.05, 4.69) is 72.4 Å². The molecule has 0 saturated carbocycles. The molecule has 3 aromatic rings. The maximum absolute atomic E-state index is 12.5. The predicted octanol–water partition coefficient (Wildman–Crippen LogP) is 4.70. The van der Waals surface area contributed by atoms with Crippen LogP contribution in [0.5, 0.6) is 0 Å². The van der Waals surface area contributed by atoms with E-state index in [-0.39, 0.29) is 17.9 Å². The number of aromatic nitrogens is 3. The second-order valence-electron chi connectivity index (χ2n) is 7.86. The molecule has 0 spiro atoms. The summed E-state index contributed by atoms with van der Waals surface area (Å²) in [4.78, 5) is 20.9. The molecule has 1 unspecified atom stereocenters. The molecule has 6 nitrogen and oxygen atoms in total. The molecular formula is C23H28N4O2. The Morgan fingerprint density at radius 3 is 2.28 bits per heavy atom. The molecule has 0 aliphatic rings. The summed E-state index contributed by atoms with van der Waals surface area (Å²) in [7, 11) is 0. The molecule has 2 heterocycles. The molecule has 0 saturated heterocycles. The quantitative estimate of drug-likeness (QED) is 0.601. The Morgan fingerprint density at radius 1 is 1.00 bits per heavy atom. The highest BCUT2D eigenvalue weighted by Gasteiger charge is 2.19. The van der Waals surface area contributed by atoms with Crippen molar-refractivity contribution in [3.63, 3.8) is 0 Å². The predicted molar refractivity (Wildman–Crippen MR) is 112 cm³/mol. The number of carbonyl (C=O) groups is 1. The lowest BCUT2D eigenvalue weighted by atomic mass is 9.93. The number of nitrogens with one attached hydrogen (secondary N) is 1. The highest BCUT2D eigenvalue weighted by molar-refractivity contribution is 5.76. The van der Waals surface area contributed by atoms with Crippen molar-refractivity contribution in [1.29, 1.82) is 0 Å². The Kier molecular flexibility index (Phi) is 6.75. The van der Waals surface area contributed by atoms with Crippen LogP contribution in [0.15, 0.2) is 53.3 Å². The number of hydrogen-bond donors (Lipinski definition) is 1. The molecule has 2 aromatic heterocycles. The van der Waals surface area contributed by atoms with Gasteiger partial charge in [0.2, 0.25) is 17.6 Å². The lowest BCUT2D eigenvalue weighted by Crippen LogP contribution is -2.31. The van der Waals surface area contributed by atoms with E-state index in [1.165, 1.54) is 5.56 Å². The molecule has 3 rings (SSSR count). The van der Waals surface area contributed by atoms with Crippen LogP contribution in [-0.2, 0) is 11.2 Å². The van der Waals surface area contributed by atoms with E-state index in [9.17, 15) is 4.79 Å². The first-order chi connectivity index (χ1) is 13.9. The minimum atomic E-state index is -0.0289. The summed E-state index contributed by atoms with van der Waals surface area (Å²) >= 11 is 0. The van der Waals surface area contributed by atoms with Gasteiger partial charge in [-0.15, -0.1) is 0 Å². The topological polar surface area (TPSA) is 80.9 Å². The minimum absolute atomic E-state index is 0.0275. The van der Waals surface area contributed by atoms with E-state index in [0.717, 1.165) is 11.1 Å². The normalized spacial score (nSPS) is 12.3. The van der Waals surface area contributed by atoms with Gasteiger partial charge < -0.3 is 9.84 Å². The van der Waals surface area contributed by atoms with Crippen molar-refractivity contribution in [2.45, 2.75) is 52.5 Å². The smallest absolute Gasteiger partial charge is 0.227 e. The average Bonchev–Trinajstić information content (AvgIpc) is 3.20.